The van der Waals surface area contributed by atoms with Gasteiger partial charge in [-0.1, -0.05) is 68.1 Å². The van der Waals surface area contributed by atoms with E-state index in [0.29, 0.717) is 5.92 Å². The van der Waals surface area contributed by atoms with Gasteiger partial charge in [0.25, 0.3) is 0 Å². The molecule has 1 heterocycles. The van der Waals surface area contributed by atoms with Crippen molar-refractivity contribution in [3.63, 3.8) is 0 Å². The van der Waals surface area contributed by atoms with Crippen LogP contribution in [0.15, 0.2) is 73.1 Å². The third-order valence-electron chi connectivity index (χ3n) is 6.08. The summed E-state index contributed by atoms with van der Waals surface area (Å²) in [5.41, 5.74) is 5.41. The molecule has 0 spiro atoms. The zero-order valence-corrected chi connectivity index (χ0v) is 16.7. The summed E-state index contributed by atoms with van der Waals surface area (Å²) >= 11 is 0. The van der Waals surface area contributed by atoms with Gasteiger partial charge in [0.05, 0.1) is 7.11 Å². The summed E-state index contributed by atoms with van der Waals surface area (Å²) < 4.78 is 5.71. The van der Waals surface area contributed by atoms with Crippen molar-refractivity contribution in [3.8, 4) is 5.75 Å². The van der Waals surface area contributed by atoms with Crippen LogP contribution in [-0.4, -0.2) is 12.1 Å². The molecule has 0 bridgehead atoms. The van der Waals surface area contributed by atoms with Gasteiger partial charge in [0.15, 0.2) is 0 Å². The average Bonchev–Trinajstić information content (AvgIpc) is 3.26. The molecule has 0 aliphatic heterocycles. The summed E-state index contributed by atoms with van der Waals surface area (Å²) in [4.78, 5) is 4.18. The van der Waals surface area contributed by atoms with E-state index in [-0.39, 0.29) is 0 Å². The summed E-state index contributed by atoms with van der Waals surface area (Å²) in [5.74, 6) is 2.17. The summed E-state index contributed by atoms with van der Waals surface area (Å²) in [6.07, 6.45) is 11.3. The minimum absolute atomic E-state index is 0.330. The van der Waals surface area contributed by atoms with Crippen LogP contribution in [0.25, 0.3) is 0 Å². The van der Waals surface area contributed by atoms with Crippen molar-refractivity contribution in [3.05, 3.63) is 95.3 Å². The van der Waals surface area contributed by atoms with Gasteiger partial charge in [0.2, 0.25) is 0 Å². The molecule has 4 rings (SSSR count). The predicted octanol–water partition coefficient (Wildman–Crippen LogP) is 6.20. The van der Waals surface area contributed by atoms with Crippen LogP contribution in [0.1, 0.15) is 53.9 Å². The van der Waals surface area contributed by atoms with Gasteiger partial charge in [-0.05, 0) is 59.2 Å². The minimum Gasteiger partial charge on any atom is -0.496 e. The van der Waals surface area contributed by atoms with Gasteiger partial charge >= 0.3 is 0 Å². The molecule has 1 aliphatic rings. The molecule has 3 aromatic rings. The zero-order chi connectivity index (χ0) is 19.2. The van der Waals surface area contributed by atoms with Crippen LogP contribution >= 0.6 is 0 Å². The van der Waals surface area contributed by atoms with Crippen LogP contribution in [0.2, 0.25) is 0 Å². The second-order valence-electron chi connectivity index (χ2n) is 7.95. The minimum atomic E-state index is 0.330. The molecule has 1 saturated carbocycles. The fourth-order valence-electron chi connectivity index (χ4n) is 4.57. The monoisotopic (exact) mass is 371 g/mol. The van der Waals surface area contributed by atoms with Crippen molar-refractivity contribution < 1.29 is 4.74 Å². The van der Waals surface area contributed by atoms with Crippen molar-refractivity contribution in [2.75, 3.05) is 7.11 Å². The first-order valence-electron chi connectivity index (χ1n) is 10.4. The summed E-state index contributed by atoms with van der Waals surface area (Å²) in [5, 5.41) is 0. The maximum atomic E-state index is 5.71. The topological polar surface area (TPSA) is 22.1 Å². The van der Waals surface area contributed by atoms with E-state index in [1.165, 1.54) is 47.9 Å². The van der Waals surface area contributed by atoms with Crippen LogP contribution in [0.5, 0.6) is 5.75 Å². The number of aromatic nitrogens is 1. The highest BCUT2D eigenvalue weighted by molar-refractivity contribution is 5.43. The van der Waals surface area contributed by atoms with Crippen molar-refractivity contribution in [1.82, 2.24) is 4.98 Å². The Morgan fingerprint density at radius 2 is 1.68 bits per heavy atom. The Morgan fingerprint density at radius 1 is 0.929 bits per heavy atom. The lowest BCUT2D eigenvalue weighted by molar-refractivity contribution is 0.404. The van der Waals surface area contributed by atoms with E-state index >= 15 is 0 Å². The normalized spacial score (nSPS) is 15.5. The molecule has 144 valence electrons. The lowest BCUT2D eigenvalue weighted by Gasteiger charge is -2.21. The van der Waals surface area contributed by atoms with Crippen LogP contribution in [0.3, 0.4) is 0 Å². The Morgan fingerprint density at radius 3 is 2.39 bits per heavy atom. The van der Waals surface area contributed by atoms with Crippen molar-refractivity contribution in [2.24, 2.45) is 5.92 Å². The van der Waals surface area contributed by atoms with E-state index in [9.17, 15) is 0 Å². The number of ether oxygens (including phenoxy) is 1. The molecule has 28 heavy (non-hydrogen) atoms. The molecule has 2 nitrogen and oxygen atoms in total. The van der Waals surface area contributed by atoms with Crippen LogP contribution < -0.4 is 4.74 Å². The Kier molecular flexibility index (Phi) is 6.06. The van der Waals surface area contributed by atoms with E-state index < -0.39 is 0 Å². The second kappa shape index (κ2) is 9.05. The lowest BCUT2D eigenvalue weighted by atomic mass is 9.84. The van der Waals surface area contributed by atoms with E-state index in [1.54, 1.807) is 7.11 Å². The maximum absolute atomic E-state index is 5.71. The molecule has 0 saturated heterocycles. The molecule has 1 fully saturated rings. The summed E-state index contributed by atoms with van der Waals surface area (Å²) in [6, 6.07) is 21.9. The number of pyridine rings is 1. The third kappa shape index (κ3) is 4.44. The third-order valence-corrected chi connectivity index (χ3v) is 6.08. The van der Waals surface area contributed by atoms with Gasteiger partial charge in [0.1, 0.15) is 5.75 Å². The Balaban J connectivity index is 1.68. The number of nitrogens with zero attached hydrogens (tertiary/aromatic N) is 1. The maximum Gasteiger partial charge on any atom is 0.122 e. The molecular weight excluding hydrogens is 342 g/mol. The first-order chi connectivity index (χ1) is 13.8. The van der Waals surface area contributed by atoms with Gasteiger partial charge in [-0.15, -0.1) is 0 Å². The molecular formula is C26H29NO. The number of benzene rings is 2. The molecule has 0 amide bonds. The summed E-state index contributed by atoms with van der Waals surface area (Å²) in [7, 11) is 1.79. The molecule has 0 unspecified atom stereocenters. The van der Waals surface area contributed by atoms with Crippen molar-refractivity contribution in [2.45, 2.75) is 44.4 Å². The fourth-order valence-corrected chi connectivity index (χ4v) is 4.57. The van der Waals surface area contributed by atoms with Gasteiger partial charge in [-0.2, -0.15) is 0 Å². The highest BCUT2D eigenvalue weighted by atomic mass is 16.5. The van der Waals surface area contributed by atoms with Gasteiger partial charge < -0.3 is 4.74 Å². The molecule has 0 radical (unpaired) electrons. The largest absolute Gasteiger partial charge is 0.496 e. The molecule has 2 aromatic carbocycles. The summed E-state index contributed by atoms with van der Waals surface area (Å²) in [6.45, 7) is 0. The first kappa shape index (κ1) is 18.7. The highest BCUT2D eigenvalue weighted by Crippen LogP contribution is 2.35. The zero-order valence-electron chi connectivity index (χ0n) is 16.7. The second-order valence-corrected chi connectivity index (χ2v) is 7.95. The van der Waals surface area contributed by atoms with Crippen LogP contribution in [0.4, 0.5) is 0 Å². The quantitative estimate of drug-likeness (QED) is 0.493. The Labute approximate surface area is 168 Å². The number of methoxy groups -OCH3 is 1. The van der Waals surface area contributed by atoms with Crippen LogP contribution in [-0.2, 0) is 12.8 Å². The molecule has 1 aliphatic carbocycles. The first-order valence-corrected chi connectivity index (χ1v) is 10.4. The SMILES string of the molecule is COc1ccc([C@H](Cc2ccncc2)c2ccccc2)cc1CC1CCCC1. The number of rotatable bonds is 7. The van der Waals surface area contributed by atoms with E-state index in [1.807, 2.05) is 12.4 Å². The average molecular weight is 372 g/mol. The van der Waals surface area contributed by atoms with Crippen molar-refractivity contribution >= 4 is 0 Å². The standard InChI is InChI=1S/C26H29NO/c1-28-26-12-11-23(19-24(26)17-20-7-5-6-8-20)25(22-9-3-2-4-10-22)18-21-13-15-27-16-14-21/h2-4,9-16,19-20,25H,5-8,17-18H2,1H3/t25-/m1/s1. The molecule has 1 atom stereocenters. The molecule has 0 N–H and O–H groups in total. The Bertz CT molecular complexity index is 869. The van der Waals surface area contributed by atoms with E-state index in [0.717, 1.165) is 24.5 Å². The predicted molar refractivity (Wildman–Crippen MR) is 115 cm³/mol. The number of hydrogen-bond acceptors (Lipinski definition) is 2. The lowest BCUT2D eigenvalue weighted by Crippen LogP contribution is -2.08. The molecule has 1 aromatic heterocycles. The highest BCUT2D eigenvalue weighted by Gasteiger charge is 2.20. The van der Waals surface area contributed by atoms with Gasteiger partial charge in [-0.25, -0.2) is 0 Å². The van der Waals surface area contributed by atoms with E-state index in [2.05, 4.69) is 65.6 Å². The smallest absolute Gasteiger partial charge is 0.122 e. The van der Waals surface area contributed by atoms with Crippen LogP contribution in [0, 0.1) is 5.92 Å². The van der Waals surface area contributed by atoms with E-state index in [4.69, 9.17) is 4.74 Å². The Hall–Kier alpha value is -2.61. The molecule has 2 heteroatoms. The van der Waals surface area contributed by atoms with Gasteiger partial charge in [-0.3, -0.25) is 4.98 Å². The van der Waals surface area contributed by atoms with Gasteiger partial charge in [0, 0.05) is 18.3 Å². The fraction of sp³-hybridized carbons (Fsp3) is 0.346. The van der Waals surface area contributed by atoms with Crippen molar-refractivity contribution in [1.29, 1.82) is 0 Å². The number of hydrogen-bond donors (Lipinski definition) is 0.